The fourth-order valence-electron chi connectivity index (χ4n) is 4.07. The zero-order valence-corrected chi connectivity index (χ0v) is 16.7. The van der Waals surface area contributed by atoms with Gasteiger partial charge in [-0.25, -0.2) is 4.39 Å². The summed E-state index contributed by atoms with van der Waals surface area (Å²) < 4.78 is 15.8. The Hall–Kier alpha value is -3.06. The van der Waals surface area contributed by atoms with Gasteiger partial charge in [0.05, 0.1) is 31.3 Å². The molecule has 30 heavy (non-hydrogen) atoms. The molecule has 2 aromatic heterocycles. The molecule has 3 aromatic rings. The van der Waals surface area contributed by atoms with E-state index in [1.165, 1.54) is 6.07 Å². The molecule has 1 unspecified atom stereocenters. The monoisotopic (exact) mass is 408 g/mol. The molecule has 0 radical (unpaired) electrons. The first-order valence-electron chi connectivity index (χ1n) is 10.3. The smallest absolute Gasteiger partial charge is 0.227 e. The molecule has 7 heteroatoms. The predicted octanol–water partition coefficient (Wildman–Crippen LogP) is 3.37. The Morgan fingerprint density at radius 3 is 2.73 bits per heavy atom. The molecule has 0 aliphatic carbocycles. The van der Waals surface area contributed by atoms with Gasteiger partial charge in [-0.15, -0.1) is 0 Å². The van der Waals surface area contributed by atoms with E-state index >= 15 is 0 Å². The van der Waals surface area contributed by atoms with E-state index in [0.717, 1.165) is 36.1 Å². The number of hydrogen-bond acceptors (Lipinski definition) is 4. The molecule has 0 bridgehead atoms. The van der Waals surface area contributed by atoms with E-state index in [1.54, 1.807) is 35.3 Å². The van der Waals surface area contributed by atoms with Crippen molar-refractivity contribution in [3.05, 3.63) is 72.1 Å². The quantitative estimate of drug-likeness (QED) is 0.679. The van der Waals surface area contributed by atoms with E-state index in [4.69, 9.17) is 5.10 Å². The van der Waals surface area contributed by atoms with Crippen LogP contribution in [0.2, 0.25) is 0 Å². The number of halogens is 1. The molecular formula is C23H25FN4O2. The van der Waals surface area contributed by atoms with Crippen molar-refractivity contribution in [2.75, 3.05) is 13.2 Å². The Morgan fingerprint density at radius 2 is 1.97 bits per heavy atom. The molecule has 156 valence electrons. The number of carbonyl (C=O) groups is 1. The lowest BCUT2D eigenvalue weighted by Crippen LogP contribution is -2.40. The molecule has 1 N–H and O–H groups in total. The van der Waals surface area contributed by atoms with E-state index in [1.807, 2.05) is 23.2 Å². The van der Waals surface area contributed by atoms with Crippen molar-refractivity contribution in [3.63, 3.8) is 0 Å². The van der Waals surface area contributed by atoms with Crippen LogP contribution in [0.4, 0.5) is 4.39 Å². The van der Waals surface area contributed by atoms with Crippen LogP contribution >= 0.6 is 0 Å². The van der Waals surface area contributed by atoms with E-state index in [0.29, 0.717) is 18.7 Å². The summed E-state index contributed by atoms with van der Waals surface area (Å²) in [6, 6.07) is 10.1. The van der Waals surface area contributed by atoms with Crippen LogP contribution < -0.4 is 0 Å². The summed E-state index contributed by atoms with van der Waals surface area (Å²) in [5.74, 6) is -0.453. The lowest BCUT2D eigenvalue weighted by Gasteiger charge is -2.35. The number of piperidine rings is 1. The van der Waals surface area contributed by atoms with Crippen molar-refractivity contribution in [1.29, 1.82) is 0 Å². The average Bonchev–Trinajstić information content (AvgIpc) is 3.20. The predicted molar refractivity (Wildman–Crippen MR) is 111 cm³/mol. The van der Waals surface area contributed by atoms with Crippen molar-refractivity contribution >= 4 is 5.91 Å². The van der Waals surface area contributed by atoms with Gasteiger partial charge in [-0.05, 0) is 48.6 Å². The van der Waals surface area contributed by atoms with Gasteiger partial charge in [0.2, 0.25) is 5.91 Å². The number of carbonyl (C=O) groups excluding carboxylic acids is 1. The maximum absolute atomic E-state index is 14.1. The van der Waals surface area contributed by atoms with Crippen LogP contribution in [0.3, 0.4) is 0 Å². The molecule has 1 saturated heterocycles. The van der Waals surface area contributed by atoms with E-state index in [9.17, 15) is 14.3 Å². The summed E-state index contributed by atoms with van der Waals surface area (Å²) in [5, 5.41) is 14.1. The first-order valence-corrected chi connectivity index (χ1v) is 10.3. The maximum Gasteiger partial charge on any atom is 0.227 e. The van der Waals surface area contributed by atoms with Crippen LogP contribution in [0.25, 0.3) is 11.1 Å². The Kier molecular flexibility index (Phi) is 6.18. The summed E-state index contributed by atoms with van der Waals surface area (Å²) in [7, 11) is 0. The number of hydrogen-bond donors (Lipinski definition) is 1. The second-order valence-electron chi connectivity index (χ2n) is 7.52. The minimum Gasteiger partial charge on any atom is -0.394 e. The highest BCUT2D eigenvalue weighted by molar-refractivity contribution is 5.80. The van der Waals surface area contributed by atoms with Crippen LogP contribution in [0.15, 0.2) is 55.0 Å². The standard InChI is InChI=1S/C23H25FN4O2/c24-20-6-2-1-5-18(20)15-22(30)28-12-4-3-7-21(28)23-19(16-27(26-23)13-14-29)17-8-10-25-11-9-17/h1-2,5-6,8-11,16,21,29H,3-4,7,12-15H2. The van der Waals surface area contributed by atoms with Crippen molar-refractivity contribution in [3.8, 4) is 11.1 Å². The van der Waals surface area contributed by atoms with Gasteiger partial charge in [0.25, 0.3) is 0 Å². The molecule has 1 fully saturated rings. The number of aliphatic hydroxyl groups is 1. The van der Waals surface area contributed by atoms with E-state index in [-0.39, 0.29) is 30.8 Å². The SMILES string of the molecule is O=C(Cc1ccccc1F)N1CCCCC1c1nn(CCO)cc1-c1ccncc1. The molecule has 1 atom stereocenters. The fourth-order valence-corrected chi connectivity index (χ4v) is 4.07. The number of amides is 1. The van der Waals surface area contributed by atoms with Gasteiger partial charge in [-0.2, -0.15) is 5.10 Å². The third-order valence-electron chi connectivity index (χ3n) is 5.55. The van der Waals surface area contributed by atoms with E-state index < -0.39 is 0 Å². The van der Waals surface area contributed by atoms with Crippen molar-refractivity contribution < 1.29 is 14.3 Å². The normalized spacial score (nSPS) is 16.6. The molecule has 1 aliphatic heterocycles. The second kappa shape index (κ2) is 9.17. The third kappa shape index (κ3) is 4.26. The Morgan fingerprint density at radius 1 is 1.17 bits per heavy atom. The highest BCUT2D eigenvalue weighted by Crippen LogP contribution is 2.36. The summed E-state index contributed by atoms with van der Waals surface area (Å²) in [4.78, 5) is 19.1. The molecule has 1 amide bonds. The van der Waals surface area contributed by atoms with Crippen LogP contribution in [0.1, 0.15) is 36.6 Å². The van der Waals surface area contributed by atoms with Gasteiger partial charge in [0, 0.05) is 30.7 Å². The summed E-state index contributed by atoms with van der Waals surface area (Å²) >= 11 is 0. The van der Waals surface area contributed by atoms with Gasteiger partial charge in [0.1, 0.15) is 5.82 Å². The Labute approximate surface area is 175 Å². The molecule has 6 nitrogen and oxygen atoms in total. The lowest BCUT2D eigenvalue weighted by atomic mass is 9.94. The van der Waals surface area contributed by atoms with Gasteiger partial charge in [0.15, 0.2) is 0 Å². The molecule has 3 heterocycles. The number of aliphatic hydroxyl groups excluding tert-OH is 1. The zero-order valence-electron chi connectivity index (χ0n) is 16.7. The van der Waals surface area contributed by atoms with Crippen LogP contribution in [0.5, 0.6) is 0 Å². The topological polar surface area (TPSA) is 71.2 Å². The molecule has 1 aromatic carbocycles. The van der Waals surface area contributed by atoms with Gasteiger partial charge < -0.3 is 10.0 Å². The number of rotatable bonds is 6. The largest absolute Gasteiger partial charge is 0.394 e. The molecule has 4 rings (SSSR count). The lowest BCUT2D eigenvalue weighted by molar-refractivity contribution is -0.134. The van der Waals surface area contributed by atoms with E-state index in [2.05, 4.69) is 4.98 Å². The Bertz CT molecular complexity index is 1010. The second-order valence-corrected chi connectivity index (χ2v) is 7.52. The molecule has 1 aliphatic rings. The van der Waals surface area contributed by atoms with Crippen LogP contribution in [0, 0.1) is 5.82 Å². The van der Waals surface area contributed by atoms with Crippen LogP contribution in [-0.2, 0) is 17.8 Å². The number of benzene rings is 1. The zero-order chi connectivity index (χ0) is 20.9. The molecule has 0 spiro atoms. The summed E-state index contributed by atoms with van der Waals surface area (Å²) in [5.41, 5.74) is 3.13. The number of aromatic nitrogens is 3. The number of likely N-dealkylation sites (tertiary alicyclic amines) is 1. The minimum absolute atomic E-state index is 0.0164. The first-order chi connectivity index (χ1) is 14.7. The fraction of sp³-hybridized carbons (Fsp3) is 0.348. The highest BCUT2D eigenvalue weighted by Gasteiger charge is 2.32. The van der Waals surface area contributed by atoms with Crippen molar-refractivity contribution in [2.45, 2.75) is 38.3 Å². The summed E-state index contributed by atoms with van der Waals surface area (Å²) in [6.45, 7) is 0.992. The van der Waals surface area contributed by atoms with Crippen LogP contribution in [-0.4, -0.2) is 43.8 Å². The van der Waals surface area contributed by atoms with Gasteiger partial charge in [-0.1, -0.05) is 18.2 Å². The third-order valence-corrected chi connectivity index (χ3v) is 5.55. The highest BCUT2D eigenvalue weighted by atomic mass is 19.1. The first kappa shape index (κ1) is 20.2. The minimum atomic E-state index is -0.357. The number of pyridine rings is 1. The molecule has 0 saturated carbocycles. The van der Waals surface area contributed by atoms with Crippen molar-refractivity contribution in [2.24, 2.45) is 0 Å². The van der Waals surface area contributed by atoms with Crippen molar-refractivity contribution in [1.82, 2.24) is 19.7 Å². The van der Waals surface area contributed by atoms with Gasteiger partial charge in [-0.3, -0.25) is 14.5 Å². The number of nitrogens with zero attached hydrogens (tertiary/aromatic N) is 4. The van der Waals surface area contributed by atoms with Gasteiger partial charge >= 0.3 is 0 Å². The maximum atomic E-state index is 14.1. The average molecular weight is 408 g/mol. The Balaban J connectivity index is 1.67. The summed E-state index contributed by atoms with van der Waals surface area (Å²) in [6.07, 6.45) is 8.12. The molecular weight excluding hydrogens is 383 g/mol.